The number of carbonyl (C=O) groups excluding carboxylic acids is 1. The lowest BCUT2D eigenvalue weighted by Crippen LogP contribution is -2.10. The molecule has 0 aliphatic carbocycles. The number of aromatic nitrogens is 4. The molecule has 0 unspecified atom stereocenters. The summed E-state index contributed by atoms with van der Waals surface area (Å²) in [6.07, 6.45) is 5.60. The van der Waals surface area contributed by atoms with Gasteiger partial charge in [-0.25, -0.2) is 4.68 Å². The summed E-state index contributed by atoms with van der Waals surface area (Å²) in [7, 11) is 0. The van der Waals surface area contributed by atoms with Gasteiger partial charge in [-0.15, -0.1) is 0 Å². The molecule has 0 spiro atoms. The van der Waals surface area contributed by atoms with Crippen molar-refractivity contribution in [3.63, 3.8) is 0 Å². The molecule has 1 amide bonds. The molecule has 4 rings (SSSR count). The fourth-order valence-electron chi connectivity index (χ4n) is 3.07. The van der Waals surface area contributed by atoms with Crippen LogP contribution in [0.1, 0.15) is 27.4 Å². The maximum atomic E-state index is 12.5. The minimum atomic E-state index is -0.530. The number of anilines is 1. The van der Waals surface area contributed by atoms with Gasteiger partial charge in [-0.05, 0) is 37.6 Å². The van der Waals surface area contributed by atoms with Crippen LogP contribution in [-0.2, 0) is 13.3 Å². The molecule has 0 aliphatic heterocycles. The quantitative estimate of drug-likeness (QED) is 0.330. The van der Waals surface area contributed by atoms with Crippen molar-refractivity contribution < 1.29 is 18.9 Å². The molecule has 3 heterocycles. The van der Waals surface area contributed by atoms with Gasteiger partial charge in [0.1, 0.15) is 23.9 Å². The summed E-state index contributed by atoms with van der Waals surface area (Å²) < 4.78 is 14.2. The van der Waals surface area contributed by atoms with Crippen LogP contribution < -0.4 is 10.1 Å². The van der Waals surface area contributed by atoms with E-state index in [1.807, 2.05) is 32.0 Å². The van der Waals surface area contributed by atoms with Crippen LogP contribution in [-0.4, -0.2) is 30.4 Å². The Balaban J connectivity index is 1.33. The third kappa shape index (κ3) is 4.83. The zero-order valence-electron chi connectivity index (χ0n) is 17.4. The molecule has 11 heteroatoms. The van der Waals surface area contributed by atoms with E-state index in [1.54, 1.807) is 16.9 Å². The number of nitrogens with one attached hydrogen (secondary N) is 1. The number of nitro groups is 1. The van der Waals surface area contributed by atoms with Crippen molar-refractivity contribution in [2.24, 2.45) is 0 Å². The van der Waals surface area contributed by atoms with Crippen molar-refractivity contribution in [2.75, 3.05) is 5.32 Å². The second kappa shape index (κ2) is 8.76. The van der Waals surface area contributed by atoms with E-state index in [2.05, 4.69) is 15.5 Å². The molecule has 0 atom stereocenters. The number of amides is 1. The summed E-state index contributed by atoms with van der Waals surface area (Å²) in [5, 5.41) is 21.5. The molecule has 1 aromatic carbocycles. The lowest BCUT2D eigenvalue weighted by Gasteiger charge is -2.09. The van der Waals surface area contributed by atoms with Crippen LogP contribution in [0.5, 0.6) is 5.75 Å². The van der Waals surface area contributed by atoms with E-state index >= 15 is 0 Å². The SMILES string of the molecule is Cc1ccc(OCn2cc(NC(=O)c3ccc(Cn4cc([N+](=O)[O-])cn4)o3)cn2)c(C)c1. The predicted molar refractivity (Wildman–Crippen MR) is 113 cm³/mol. The standard InChI is InChI=1S/C21H20N6O5/c1-14-3-5-19(15(2)7-14)31-13-26-10-16(8-22-26)24-21(28)20-6-4-18(32-20)12-25-11-17(9-23-25)27(29)30/h3-11H,12-13H2,1-2H3,(H,24,28). The molecule has 0 radical (unpaired) electrons. The number of furan rings is 1. The highest BCUT2D eigenvalue weighted by Crippen LogP contribution is 2.19. The Hall–Kier alpha value is -4.41. The number of benzene rings is 1. The van der Waals surface area contributed by atoms with E-state index in [4.69, 9.17) is 9.15 Å². The number of hydrogen-bond donors (Lipinski definition) is 1. The first-order valence-electron chi connectivity index (χ1n) is 9.67. The van der Waals surface area contributed by atoms with Gasteiger partial charge in [0, 0.05) is 0 Å². The van der Waals surface area contributed by atoms with Crippen molar-refractivity contribution >= 4 is 17.3 Å². The molecule has 0 saturated heterocycles. The zero-order chi connectivity index (χ0) is 22.7. The largest absolute Gasteiger partial charge is 0.471 e. The van der Waals surface area contributed by atoms with Gasteiger partial charge in [-0.2, -0.15) is 10.2 Å². The zero-order valence-corrected chi connectivity index (χ0v) is 17.4. The van der Waals surface area contributed by atoms with E-state index in [-0.39, 0.29) is 24.7 Å². The Labute approximate surface area is 182 Å². The summed E-state index contributed by atoms with van der Waals surface area (Å²) in [5.41, 5.74) is 2.56. The molecule has 164 valence electrons. The molecule has 11 nitrogen and oxygen atoms in total. The molecule has 0 bridgehead atoms. The Morgan fingerprint density at radius 1 is 1.16 bits per heavy atom. The Kier molecular flexibility index (Phi) is 5.71. The molecular formula is C21H20N6O5. The maximum absolute atomic E-state index is 12.5. The van der Waals surface area contributed by atoms with E-state index in [9.17, 15) is 14.9 Å². The lowest BCUT2D eigenvalue weighted by atomic mass is 10.1. The van der Waals surface area contributed by atoms with Crippen LogP contribution in [0.2, 0.25) is 0 Å². The van der Waals surface area contributed by atoms with Crippen LogP contribution in [0, 0.1) is 24.0 Å². The van der Waals surface area contributed by atoms with Crippen molar-refractivity contribution in [3.8, 4) is 5.75 Å². The molecular weight excluding hydrogens is 416 g/mol. The normalized spacial score (nSPS) is 10.8. The van der Waals surface area contributed by atoms with Crippen molar-refractivity contribution in [1.29, 1.82) is 0 Å². The van der Waals surface area contributed by atoms with E-state index in [0.29, 0.717) is 11.4 Å². The van der Waals surface area contributed by atoms with Crippen LogP contribution >= 0.6 is 0 Å². The number of nitrogens with zero attached hydrogens (tertiary/aromatic N) is 5. The predicted octanol–water partition coefficient (Wildman–Crippen LogP) is 3.53. The number of aryl methyl sites for hydroxylation is 2. The number of hydrogen-bond acceptors (Lipinski definition) is 7. The highest BCUT2D eigenvalue weighted by Gasteiger charge is 2.15. The summed E-state index contributed by atoms with van der Waals surface area (Å²) in [6, 6.07) is 9.06. The highest BCUT2D eigenvalue weighted by atomic mass is 16.6. The van der Waals surface area contributed by atoms with Gasteiger partial charge in [0.15, 0.2) is 12.5 Å². The minimum absolute atomic E-state index is 0.0981. The van der Waals surface area contributed by atoms with E-state index in [1.165, 1.54) is 23.1 Å². The molecule has 0 aliphatic rings. The van der Waals surface area contributed by atoms with Crippen LogP contribution in [0.3, 0.4) is 0 Å². The van der Waals surface area contributed by atoms with Gasteiger partial charge in [0.05, 0.1) is 29.5 Å². The van der Waals surface area contributed by atoms with Gasteiger partial charge >= 0.3 is 5.69 Å². The van der Waals surface area contributed by atoms with Crippen LogP contribution in [0.25, 0.3) is 0 Å². The van der Waals surface area contributed by atoms with Crippen molar-refractivity contribution in [2.45, 2.75) is 27.1 Å². The first-order chi connectivity index (χ1) is 15.4. The monoisotopic (exact) mass is 436 g/mol. The lowest BCUT2D eigenvalue weighted by molar-refractivity contribution is -0.385. The Morgan fingerprint density at radius 2 is 1.97 bits per heavy atom. The molecule has 0 fully saturated rings. The van der Waals surface area contributed by atoms with Gasteiger partial charge < -0.3 is 14.5 Å². The van der Waals surface area contributed by atoms with Gasteiger partial charge in [0.2, 0.25) is 0 Å². The second-order valence-corrected chi connectivity index (χ2v) is 7.18. The minimum Gasteiger partial charge on any atom is -0.471 e. The summed E-state index contributed by atoms with van der Waals surface area (Å²) in [6.45, 7) is 4.35. The fourth-order valence-corrected chi connectivity index (χ4v) is 3.07. The topological polar surface area (TPSA) is 130 Å². The van der Waals surface area contributed by atoms with Gasteiger partial charge in [-0.1, -0.05) is 17.7 Å². The summed E-state index contributed by atoms with van der Waals surface area (Å²) in [4.78, 5) is 22.7. The Bertz CT molecular complexity index is 1270. The summed E-state index contributed by atoms with van der Waals surface area (Å²) >= 11 is 0. The second-order valence-electron chi connectivity index (χ2n) is 7.18. The van der Waals surface area contributed by atoms with Crippen LogP contribution in [0.15, 0.2) is 59.5 Å². The fraction of sp³-hybridized carbons (Fsp3) is 0.190. The highest BCUT2D eigenvalue weighted by molar-refractivity contribution is 6.02. The molecule has 3 aromatic heterocycles. The first kappa shape index (κ1) is 20.8. The van der Waals surface area contributed by atoms with Gasteiger partial charge in [0.25, 0.3) is 5.91 Å². The van der Waals surface area contributed by atoms with Crippen molar-refractivity contribution in [3.05, 3.63) is 87.9 Å². The average molecular weight is 436 g/mol. The van der Waals surface area contributed by atoms with Gasteiger partial charge in [-0.3, -0.25) is 19.6 Å². The summed E-state index contributed by atoms with van der Waals surface area (Å²) in [5.74, 6) is 0.853. The third-order valence-electron chi connectivity index (χ3n) is 4.61. The van der Waals surface area contributed by atoms with E-state index < -0.39 is 10.8 Å². The van der Waals surface area contributed by atoms with Crippen molar-refractivity contribution in [1.82, 2.24) is 19.6 Å². The number of rotatable bonds is 8. The Morgan fingerprint density at radius 3 is 2.72 bits per heavy atom. The van der Waals surface area contributed by atoms with Crippen LogP contribution in [0.4, 0.5) is 11.4 Å². The smallest absolute Gasteiger partial charge is 0.307 e. The maximum Gasteiger partial charge on any atom is 0.307 e. The third-order valence-corrected chi connectivity index (χ3v) is 4.61. The molecule has 4 aromatic rings. The molecule has 1 N–H and O–H groups in total. The van der Waals surface area contributed by atoms with E-state index in [0.717, 1.165) is 23.1 Å². The number of ether oxygens (including phenoxy) is 1. The molecule has 32 heavy (non-hydrogen) atoms. The number of carbonyl (C=O) groups is 1. The molecule has 0 saturated carbocycles. The first-order valence-corrected chi connectivity index (χ1v) is 9.67. The average Bonchev–Trinajstić information content (AvgIpc) is 3.49.